The topological polar surface area (TPSA) is 168 Å². The van der Waals surface area contributed by atoms with Gasteiger partial charge in [-0.1, -0.05) is 0 Å². The molecular formula is C7H6O10. The minimum atomic E-state index is -3.33. The van der Waals surface area contributed by atoms with Gasteiger partial charge in [-0.25, -0.2) is 19.2 Å². The standard InChI is InChI=1S/C7H6O10/c8-3(9)1-2(4(10)11)17-7(16-1,5(12)13)6(14)15/h1-2H,(H,8,9)(H,10,11)(H,12,13)(H,14,15)/t1-,2-/m0/s1. The van der Waals surface area contributed by atoms with E-state index in [1.807, 2.05) is 0 Å². The van der Waals surface area contributed by atoms with Crippen molar-refractivity contribution in [1.82, 2.24) is 0 Å². The molecule has 4 N–H and O–H groups in total. The molecule has 10 heteroatoms. The smallest absolute Gasteiger partial charge is 0.377 e. The number of hydrogen-bond acceptors (Lipinski definition) is 6. The van der Waals surface area contributed by atoms with E-state index in [-0.39, 0.29) is 0 Å². The van der Waals surface area contributed by atoms with Gasteiger partial charge in [-0.05, 0) is 0 Å². The lowest BCUT2D eigenvalue weighted by Crippen LogP contribution is -2.49. The lowest BCUT2D eigenvalue weighted by atomic mass is 10.2. The van der Waals surface area contributed by atoms with Crippen LogP contribution in [0.25, 0.3) is 0 Å². The number of aliphatic carboxylic acids is 4. The minimum absolute atomic E-state index is 1.85. The largest absolute Gasteiger partial charge is 0.479 e. The molecule has 10 nitrogen and oxygen atoms in total. The van der Waals surface area contributed by atoms with E-state index in [4.69, 9.17) is 20.4 Å². The van der Waals surface area contributed by atoms with E-state index in [0.717, 1.165) is 0 Å². The molecule has 0 aromatic heterocycles. The second-order valence-corrected chi connectivity index (χ2v) is 2.98. The first-order chi connectivity index (χ1) is 7.72. The molecule has 17 heavy (non-hydrogen) atoms. The van der Waals surface area contributed by atoms with Crippen molar-refractivity contribution in [3.8, 4) is 0 Å². The summed E-state index contributed by atoms with van der Waals surface area (Å²) in [5, 5.41) is 34.4. The summed E-state index contributed by atoms with van der Waals surface area (Å²) in [6.45, 7) is 0. The molecule has 1 aliphatic rings. The summed E-state index contributed by atoms with van der Waals surface area (Å²) in [5.74, 6) is -11.3. The molecule has 1 rings (SSSR count). The van der Waals surface area contributed by atoms with Gasteiger partial charge in [-0.3, -0.25) is 0 Å². The third-order valence-corrected chi connectivity index (χ3v) is 1.91. The van der Waals surface area contributed by atoms with Crippen molar-refractivity contribution in [3.05, 3.63) is 0 Å². The highest BCUT2D eigenvalue weighted by Gasteiger charge is 2.63. The van der Waals surface area contributed by atoms with Crippen LogP contribution in [0.15, 0.2) is 0 Å². The van der Waals surface area contributed by atoms with Crippen molar-refractivity contribution in [2.75, 3.05) is 0 Å². The predicted octanol–water partition coefficient (Wildman–Crippen LogP) is -2.19. The number of carbonyl (C=O) groups is 4. The zero-order valence-corrected chi connectivity index (χ0v) is 7.89. The molecule has 1 aliphatic heterocycles. The van der Waals surface area contributed by atoms with E-state index in [1.165, 1.54) is 0 Å². The summed E-state index contributed by atoms with van der Waals surface area (Å²) in [7, 11) is 0. The van der Waals surface area contributed by atoms with Gasteiger partial charge in [-0.2, -0.15) is 0 Å². The van der Waals surface area contributed by atoms with E-state index < -0.39 is 41.9 Å². The SMILES string of the molecule is O=C(O)[C@H]1OC(C(=O)O)(C(=O)O)O[C@@H]1C(=O)O. The highest BCUT2D eigenvalue weighted by atomic mass is 16.8. The van der Waals surface area contributed by atoms with Crippen LogP contribution < -0.4 is 0 Å². The second kappa shape index (κ2) is 3.99. The lowest BCUT2D eigenvalue weighted by molar-refractivity contribution is -0.221. The van der Waals surface area contributed by atoms with Gasteiger partial charge in [0.05, 0.1) is 0 Å². The summed E-state index contributed by atoms with van der Waals surface area (Å²) in [6.07, 6.45) is -4.45. The number of carboxylic acid groups (broad SMARTS) is 4. The summed E-state index contributed by atoms with van der Waals surface area (Å²) < 4.78 is 8.41. The summed E-state index contributed by atoms with van der Waals surface area (Å²) in [4.78, 5) is 42.6. The van der Waals surface area contributed by atoms with Crippen LogP contribution in [0.2, 0.25) is 0 Å². The predicted molar refractivity (Wildman–Crippen MR) is 43.0 cm³/mol. The van der Waals surface area contributed by atoms with E-state index in [2.05, 4.69) is 9.47 Å². The molecule has 0 saturated carbocycles. The van der Waals surface area contributed by atoms with Gasteiger partial charge in [0.1, 0.15) is 0 Å². The third kappa shape index (κ3) is 1.90. The van der Waals surface area contributed by atoms with E-state index in [1.54, 1.807) is 0 Å². The summed E-state index contributed by atoms with van der Waals surface area (Å²) in [5.41, 5.74) is 0. The molecule has 0 unspecified atom stereocenters. The summed E-state index contributed by atoms with van der Waals surface area (Å²) >= 11 is 0. The average molecular weight is 250 g/mol. The Hall–Kier alpha value is -2.20. The molecule has 94 valence electrons. The highest BCUT2D eigenvalue weighted by Crippen LogP contribution is 2.30. The van der Waals surface area contributed by atoms with E-state index in [0.29, 0.717) is 0 Å². The summed E-state index contributed by atoms with van der Waals surface area (Å²) in [6, 6.07) is 0. The lowest BCUT2D eigenvalue weighted by Gasteiger charge is -2.16. The molecule has 0 aliphatic carbocycles. The highest BCUT2D eigenvalue weighted by molar-refractivity contribution is 6.01. The first-order valence-electron chi connectivity index (χ1n) is 4.00. The maximum Gasteiger partial charge on any atom is 0.377 e. The molecule has 0 aromatic carbocycles. The fraction of sp³-hybridized carbons (Fsp3) is 0.429. The monoisotopic (exact) mass is 250 g/mol. The van der Waals surface area contributed by atoms with Gasteiger partial charge in [0.15, 0.2) is 12.2 Å². The van der Waals surface area contributed by atoms with Gasteiger partial charge >= 0.3 is 29.7 Å². The third-order valence-electron chi connectivity index (χ3n) is 1.91. The van der Waals surface area contributed by atoms with Crippen LogP contribution in [0.4, 0.5) is 0 Å². The molecule has 0 spiro atoms. The van der Waals surface area contributed by atoms with Crippen LogP contribution in [0.3, 0.4) is 0 Å². The van der Waals surface area contributed by atoms with E-state index >= 15 is 0 Å². The van der Waals surface area contributed by atoms with Crippen molar-refractivity contribution in [2.24, 2.45) is 0 Å². The van der Waals surface area contributed by atoms with Crippen LogP contribution in [0, 0.1) is 0 Å². The van der Waals surface area contributed by atoms with E-state index in [9.17, 15) is 19.2 Å². The zero-order chi connectivity index (χ0) is 13.4. The van der Waals surface area contributed by atoms with Crippen LogP contribution >= 0.6 is 0 Å². The molecule has 0 bridgehead atoms. The number of rotatable bonds is 4. The van der Waals surface area contributed by atoms with Crippen molar-refractivity contribution in [1.29, 1.82) is 0 Å². The number of ether oxygens (including phenoxy) is 2. The molecule has 0 aromatic rings. The molecule has 1 fully saturated rings. The Labute approximate surface area is 92.0 Å². The molecule has 0 radical (unpaired) electrons. The zero-order valence-electron chi connectivity index (χ0n) is 7.89. The fourth-order valence-corrected chi connectivity index (χ4v) is 1.16. The normalized spacial score (nSPS) is 26.4. The van der Waals surface area contributed by atoms with Crippen molar-refractivity contribution >= 4 is 23.9 Å². The number of hydrogen-bond donors (Lipinski definition) is 4. The molecule has 1 saturated heterocycles. The molecule has 2 atom stereocenters. The van der Waals surface area contributed by atoms with Gasteiger partial charge in [0.2, 0.25) is 0 Å². The van der Waals surface area contributed by atoms with Gasteiger partial charge in [0, 0.05) is 0 Å². The quantitative estimate of drug-likeness (QED) is 0.402. The Kier molecular flexibility index (Phi) is 3.02. The fourth-order valence-electron chi connectivity index (χ4n) is 1.16. The maximum absolute atomic E-state index is 10.7. The van der Waals surface area contributed by atoms with Crippen molar-refractivity contribution < 1.29 is 49.1 Å². The molecule has 0 amide bonds. The van der Waals surface area contributed by atoms with Gasteiger partial charge in [-0.15, -0.1) is 0 Å². The van der Waals surface area contributed by atoms with Crippen molar-refractivity contribution in [2.45, 2.75) is 18.0 Å². The van der Waals surface area contributed by atoms with Gasteiger partial charge in [0.25, 0.3) is 0 Å². The Morgan fingerprint density at radius 3 is 1.24 bits per heavy atom. The average Bonchev–Trinajstić information content (AvgIpc) is 2.58. The minimum Gasteiger partial charge on any atom is -0.479 e. The van der Waals surface area contributed by atoms with Crippen LogP contribution in [-0.2, 0) is 28.7 Å². The molecular weight excluding hydrogens is 244 g/mol. The Morgan fingerprint density at radius 1 is 0.765 bits per heavy atom. The van der Waals surface area contributed by atoms with Crippen molar-refractivity contribution in [3.63, 3.8) is 0 Å². The first kappa shape index (κ1) is 12.9. The van der Waals surface area contributed by atoms with Crippen LogP contribution in [0.5, 0.6) is 0 Å². The van der Waals surface area contributed by atoms with Crippen LogP contribution in [0.1, 0.15) is 0 Å². The van der Waals surface area contributed by atoms with Gasteiger partial charge < -0.3 is 29.9 Å². The van der Waals surface area contributed by atoms with Crippen LogP contribution in [-0.4, -0.2) is 62.3 Å². The second-order valence-electron chi connectivity index (χ2n) is 2.98. The number of carboxylic acids is 4. The first-order valence-corrected chi connectivity index (χ1v) is 4.00. The maximum atomic E-state index is 10.7. The molecule has 1 heterocycles. The Morgan fingerprint density at radius 2 is 1.06 bits per heavy atom. The Balaban J connectivity index is 3.17. The Bertz CT molecular complexity index is 359.